The molecule has 3 rings (SSSR count). The number of fused-ring (bicyclic) bond motifs is 1. The number of rotatable bonds is 4. The minimum Gasteiger partial charge on any atom is -0.456 e. The lowest BCUT2D eigenvalue weighted by atomic mass is 10.2. The van der Waals surface area contributed by atoms with Crippen molar-refractivity contribution in [3.8, 4) is 0 Å². The van der Waals surface area contributed by atoms with Crippen molar-refractivity contribution in [2.24, 2.45) is 0 Å². The van der Waals surface area contributed by atoms with E-state index in [-0.39, 0.29) is 12.2 Å². The van der Waals surface area contributed by atoms with Crippen molar-refractivity contribution in [2.75, 3.05) is 6.26 Å². The van der Waals surface area contributed by atoms with Gasteiger partial charge in [-0.1, -0.05) is 18.2 Å². The Labute approximate surface area is 143 Å². The molecule has 6 heteroatoms. The topological polar surface area (TPSA) is 60.7 Å². The van der Waals surface area contributed by atoms with Gasteiger partial charge in [0.2, 0.25) is 0 Å². The van der Waals surface area contributed by atoms with Crippen molar-refractivity contribution in [3.05, 3.63) is 75.8 Å². The zero-order chi connectivity index (χ0) is 17.1. The summed E-state index contributed by atoms with van der Waals surface area (Å²) in [5, 5.41) is 0. The maximum atomic E-state index is 12.3. The van der Waals surface area contributed by atoms with Crippen LogP contribution in [0.15, 0.2) is 58.4 Å². The third-order valence-corrected chi connectivity index (χ3v) is 4.41. The van der Waals surface area contributed by atoms with Crippen molar-refractivity contribution in [1.29, 1.82) is 0 Å². The maximum absolute atomic E-state index is 12.3. The number of aryl methyl sites for hydroxylation is 1. The summed E-state index contributed by atoms with van der Waals surface area (Å²) in [5.41, 5.74) is 2.21. The molecule has 0 aliphatic carbocycles. The van der Waals surface area contributed by atoms with Gasteiger partial charge in [0.05, 0.1) is 11.3 Å². The highest BCUT2D eigenvalue weighted by Crippen LogP contribution is 2.20. The number of pyridine rings is 1. The molecule has 0 aliphatic rings. The Morgan fingerprint density at radius 3 is 2.83 bits per heavy atom. The summed E-state index contributed by atoms with van der Waals surface area (Å²) >= 11 is 1.48. The van der Waals surface area contributed by atoms with Crippen LogP contribution in [0.3, 0.4) is 0 Å². The van der Waals surface area contributed by atoms with Gasteiger partial charge in [0, 0.05) is 17.2 Å². The summed E-state index contributed by atoms with van der Waals surface area (Å²) < 4.78 is 6.81. The first-order valence-electron chi connectivity index (χ1n) is 7.38. The van der Waals surface area contributed by atoms with Gasteiger partial charge in [0.1, 0.15) is 12.3 Å². The molecular weight excluding hydrogens is 324 g/mol. The molecule has 5 nitrogen and oxygen atoms in total. The molecule has 0 saturated carbocycles. The van der Waals surface area contributed by atoms with Crippen molar-refractivity contribution in [3.63, 3.8) is 0 Å². The van der Waals surface area contributed by atoms with Crippen LogP contribution >= 0.6 is 11.8 Å². The minimum atomic E-state index is -0.424. The largest absolute Gasteiger partial charge is 0.456 e. The number of carbonyl (C=O) groups excluding carboxylic acids is 1. The van der Waals surface area contributed by atoms with Gasteiger partial charge in [-0.25, -0.2) is 9.78 Å². The highest BCUT2D eigenvalue weighted by atomic mass is 32.2. The van der Waals surface area contributed by atoms with E-state index in [0.717, 1.165) is 10.5 Å². The molecule has 1 aromatic carbocycles. The lowest BCUT2D eigenvalue weighted by Gasteiger charge is -2.09. The number of thioether (sulfide) groups is 1. The van der Waals surface area contributed by atoms with E-state index in [1.54, 1.807) is 24.4 Å². The molecule has 2 aromatic heterocycles. The van der Waals surface area contributed by atoms with Gasteiger partial charge in [0.15, 0.2) is 0 Å². The molecule has 122 valence electrons. The third-order valence-electron chi connectivity index (χ3n) is 3.62. The van der Waals surface area contributed by atoms with Gasteiger partial charge in [-0.3, -0.25) is 9.20 Å². The zero-order valence-electron chi connectivity index (χ0n) is 13.4. The molecule has 0 fully saturated rings. The normalized spacial score (nSPS) is 10.8. The summed E-state index contributed by atoms with van der Waals surface area (Å²) in [7, 11) is 0. The second-order valence-corrected chi connectivity index (χ2v) is 6.10. The Hall–Kier alpha value is -2.60. The van der Waals surface area contributed by atoms with E-state index >= 15 is 0 Å². The quantitative estimate of drug-likeness (QED) is 0.539. The summed E-state index contributed by atoms with van der Waals surface area (Å²) in [4.78, 5) is 29.7. The Bertz CT molecular complexity index is 966. The fourth-order valence-corrected chi connectivity index (χ4v) is 3.00. The number of esters is 1. The molecule has 0 bridgehead atoms. The highest BCUT2D eigenvalue weighted by Gasteiger charge is 2.13. The van der Waals surface area contributed by atoms with E-state index in [9.17, 15) is 9.59 Å². The molecule has 0 spiro atoms. The van der Waals surface area contributed by atoms with Gasteiger partial charge in [0.25, 0.3) is 5.56 Å². The molecule has 0 N–H and O–H groups in total. The first kappa shape index (κ1) is 16.3. The fourth-order valence-electron chi connectivity index (χ4n) is 2.41. The molecule has 0 saturated heterocycles. The van der Waals surface area contributed by atoms with Crippen LogP contribution in [-0.2, 0) is 11.3 Å². The number of benzene rings is 1. The van der Waals surface area contributed by atoms with Gasteiger partial charge in [-0.2, -0.15) is 0 Å². The average molecular weight is 340 g/mol. The summed E-state index contributed by atoms with van der Waals surface area (Å²) in [6.07, 6.45) is 3.57. The smallest absolute Gasteiger partial charge is 0.339 e. The van der Waals surface area contributed by atoms with E-state index in [1.807, 2.05) is 31.4 Å². The molecule has 24 heavy (non-hydrogen) atoms. The van der Waals surface area contributed by atoms with Crippen LogP contribution < -0.4 is 5.56 Å². The first-order chi connectivity index (χ1) is 11.6. The van der Waals surface area contributed by atoms with Crippen LogP contribution in [0.1, 0.15) is 21.6 Å². The highest BCUT2D eigenvalue weighted by molar-refractivity contribution is 7.98. The Morgan fingerprint density at radius 2 is 2.04 bits per heavy atom. The molecule has 2 heterocycles. The van der Waals surface area contributed by atoms with E-state index < -0.39 is 5.97 Å². The molecule has 0 radical (unpaired) electrons. The van der Waals surface area contributed by atoms with Crippen LogP contribution in [0.4, 0.5) is 0 Å². The predicted molar refractivity (Wildman–Crippen MR) is 93.5 cm³/mol. The van der Waals surface area contributed by atoms with Crippen LogP contribution in [0, 0.1) is 6.92 Å². The van der Waals surface area contributed by atoms with Crippen LogP contribution in [0.25, 0.3) is 5.65 Å². The monoisotopic (exact) mass is 340 g/mol. The zero-order valence-corrected chi connectivity index (χ0v) is 14.2. The van der Waals surface area contributed by atoms with E-state index in [1.165, 1.54) is 22.2 Å². The summed E-state index contributed by atoms with van der Waals surface area (Å²) in [6.45, 7) is 1.84. The van der Waals surface area contributed by atoms with Crippen molar-refractivity contribution in [2.45, 2.75) is 18.4 Å². The molecular formula is C18H16N2O3S. The van der Waals surface area contributed by atoms with E-state index in [2.05, 4.69) is 4.98 Å². The molecule has 0 aliphatic heterocycles. The predicted octanol–water partition coefficient (Wildman–Crippen LogP) is 3.08. The Kier molecular flexibility index (Phi) is 4.66. The van der Waals surface area contributed by atoms with E-state index in [4.69, 9.17) is 4.74 Å². The van der Waals surface area contributed by atoms with Gasteiger partial charge >= 0.3 is 5.97 Å². The Morgan fingerprint density at radius 1 is 1.25 bits per heavy atom. The Balaban J connectivity index is 1.84. The van der Waals surface area contributed by atoms with Crippen LogP contribution in [0.5, 0.6) is 0 Å². The SMILES string of the molecule is CSc1ccccc1C(=O)OCc1cc(=O)n2cccc(C)c2n1. The number of ether oxygens (including phenoxy) is 1. The van der Waals surface area contributed by atoms with Crippen LogP contribution in [-0.4, -0.2) is 21.6 Å². The fraction of sp³-hybridized carbons (Fsp3) is 0.167. The lowest BCUT2D eigenvalue weighted by molar-refractivity contribution is 0.0463. The number of aromatic nitrogens is 2. The van der Waals surface area contributed by atoms with Crippen molar-refractivity contribution >= 4 is 23.4 Å². The van der Waals surface area contributed by atoms with Gasteiger partial charge in [-0.05, 0) is 36.9 Å². The number of carbonyl (C=O) groups is 1. The standard InChI is InChI=1S/C18H16N2O3S/c1-12-6-5-9-20-16(21)10-13(19-17(12)20)11-23-18(22)14-7-3-4-8-15(14)24-2/h3-10H,11H2,1-2H3. The lowest BCUT2D eigenvalue weighted by Crippen LogP contribution is -2.17. The average Bonchev–Trinajstić information content (AvgIpc) is 2.60. The van der Waals surface area contributed by atoms with Gasteiger partial charge < -0.3 is 4.74 Å². The summed E-state index contributed by atoms with van der Waals surface area (Å²) in [5.74, 6) is -0.424. The second-order valence-electron chi connectivity index (χ2n) is 5.25. The third kappa shape index (κ3) is 3.19. The number of hydrogen-bond acceptors (Lipinski definition) is 5. The van der Waals surface area contributed by atoms with Gasteiger partial charge in [-0.15, -0.1) is 11.8 Å². The number of hydrogen-bond donors (Lipinski definition) is 0. The first-order valence-corrected chi connectivity index (χ1v) is 8.60. The van der Waals surface area contributed by atoms with E-state index in [0.29, 0.717) is 16.9 Å². The molecule has 0 amide bonds. The van der Waals surface area contributed by atoms with Crippen molar-refractivity contribution < 1.29 is 9.53 Å². The number of nitrogens with zero attached hydrogens (tertiary/aromatic N) is 2. The molecule has 0 unspecified atom stereocenters. The van der Waals surface area contributed by atoms with Crippen LogP contribution in [0.2, 0.25) is 0 Å². The van der Waals surface area contributed by atoms with Crippen molar-refractivity contribution in [1.82, 2.24) is 9.38 Å². The maximum Gasteiger partial charge on any atom is 0.339 e. The minimum absolute atomic E-state index is 0.0401. The summed E-state index contributed by atoms with van der Waals surface area (Å²) in [6, 6.07) is 12.3. The second kappa shape index (κ2) is 6.88. The molecule has 0 atom stereocenters. The molecule has 3 aromatic rings.